The molecule has 2 heterocycles. The van der Waals surface area contributed by atoms with Gasteiger partial charge in [0.15, 0.2) is 0 Å². The molecule has 0 aliphatic carbocycles. The number of hydrogen-bond donors (Lipinski definition) is 2. The van der Waals surface area contributed by atoms with Gasteiger partial charge in [-0.1, -0.05) is 23.7 Å². The SMILES string of the molecule is NCC(=O)N(c1cccnc1)C(c1cccc(F)c1)c1cc(Cl)c2cccnc2c1O. The van der Waals surface area contributed by atoms with Crippen LogP contribution in [0.5, 0.6) is 5.75 Å². The minimum atomic E-state index is -0.931. The molecule has 3 N–H and O–H groups in total. The van der Waals surface area contributed by atoms with Crippen molar-refractivity contribution in [2.75, 3.05) is 11.4 Å². The van der Waals surface area contributed by atoms with Crippen LogP contribution >= 0.6 is 11.6 Å². The van der Waals surface area contributed by atoms with Gasteiger partial charge in [-0.25, -0.2) is 4.39 Å². The highest BCUT2D eigenvalue weighted by Crippen LogP contribution is 2.42. The van der Waals surface area contributed by atoms with E-state index in [4.69, 9.17) is 17.3 Å². The Morgan fingerprint density at radius 3 is 2.68 bits per heavy atom. The molecule has 31 heavy (non-hydrogen) atoms. The average Bonchev–Trinajstić information content (AvgIpc) is 2.80. The fraction of sp³-hybridized carbons (Fsp3) is 0.0870. The van der Waals surface area contributed by atoms with Gasteiger partial charge in [0.05, 0.1) is 29.5 Å². The van der Waals surface area contributed by atoms with Gasteiger partial charge in [0.1, 0.15) is 17.1 Å². The number of nitrogens with zero attached hydrogens (tertiary/aromatic N) is 3. The zero-order valence-electron chi connectivity index (χ0n) is 16.2. The molecule has 0 bridgehead atoms. The predicted molar refractivity (Wildman–Crippen MR) is 117 cm³/mol. The van der Waals surface area contributed by atoms with Crippen LogP contribution in [0.25, 0.3) is 10.9 Å². The maximum absolute atomic E-state index is 14.2. The first-order valence-electron chi connectivity index (χ1n) is 9.45. The number of nitrogens with two attached hydrogens (primary N) is 1. The number of benzene rings is 2. The molecular weight excluding hydrogens is 419 g/mol. The molecule has 0 aliphatic rings. The van der Waals surface area contributed by atoms with Gasteiger partial charge in [-0.3, -0.25) is 19.7 Å². The second-order valence-electron chi connectivity index (χ2n) is 6.83. The Morgan fingerprint density at radius 2 is 1.97 bits per heavy atom. The highest BCUT2D eigenvalue weighted by atomic mass is 35.5. The average molecular weight is 437 g/mol. The van der Waals surface area contributed by atoms with Crippen molar-refractivity contribution < 1.29 is 14.3 Å². The molecule has 4 rings (SSSR count). The van der Waals surface area contributed by atoms with E-state index in [9.17, 15) is 14.3 Å². The fourth-order valence-electron chi connectivity index (χ4n) is 3.59. The lowest BCUT2D eigenvalue weighted by atomic mass is 9.94. The highest BCUT2D eigenvalue weighted by Gasteiger charge is 2.31. The number of halogens is 2. The van der Waals surface area contributed by atoms with Crippen molar-refractivity contribution in [1.82, 2.24) is 9.97 Å². The first-order chi connectivity index (χ1) is 15.0. The van der Waals surface area contributed by atoms with Gasteiger partial charge in [0, 0.05) is 23.3 Å². The molecule has 0 aliphatic heterocycles. The maximum Gasteiger partial charge on any atom is 0.241 e. The van der Waals surface area contributed by atoms with Gasteiger partial charge < -0.3 is 10.8 Å². The molecule has 1 atom stereocenters. The molecule has 2 aromatic heterocycles. The molecule has 1 unspecified atom stereocenters. The number of rotatable bonds is 5. The number of amides is 1. The first-order valence-corrected chi connectivity index (χ1v) is 9.82. The van der Waals surface area contributed by atoms with E-state index in [0.29, 0.717) is 21.7 Å². The largest absolute Gasteiger partial charge is 0.505 e. The van der Waals surface area contributed by atoms with Gasteiger partial charge >= 0.3 is 0 Å². The lowest BCUT2D eigenvalue weighted by Crippen LogP contribution is -2.39. The van der Waals surface area contributed by atoms with E-state index in [1.54, 1.807) is 42.6 Å². The van der Waals surface area contributed by atoms with E-state index >= 15 is 0 Å². The van der Waals surface area contributed by atoms with Gasteiger partial charge in [0.2, 0.25) is 5.91 Å². The molecule has 0 saturated heterocycles. The summed E-state index contributed by atoms with van der Waals surface area (Å²) in [6.45, 7) is -0.305. The lowest BCUT2D eigenvalue weighted by Gasteiger charge is -2.33. The Labute approximate surface area is 182 Å². The Bertz CT molecular complexity index is 1250. The molecule has 1 amide bonds. The zero-order valence-corrected chi connectivity index (χ0v) is 17.0. The van der Waals surface area contributed by atoms with Crippen LogP contribution in [0.2, 0.25) is 5.02 Å². The number of carbonyl (C=O) groups excluding carboxylic acids is 1. The standard InChI is InChI=1S/C23H18ClFN4O2/c24-19-11-18(23(31)21-17(19)7-3-9-28-21)22(14-4-1-5-15(25)10-14)29(20(30)12-26)16-6-2-8-27-13-16/h1-11,13,22,31H,12,26H2. The molecule has 0 saturated carbocycles. The third-order valence-corrected chi connectivity index (χ3v) is 5.24. The molecule has 0 radical (unpaired) electrons. The van der Waals surface area contributed by atoms with Gasteiger partial charge in [-0.05, 0) is 48.0 Å². The fourth-order valence-corrected chi connectivity index (χ4v) is 3.86. The van der Waals surface area contributed by atoms with Crippen LogP contribution in [-0.2, 0) is 4.79 Å². The lowest BCUT2D eigenvalue weighted by molar-refractivity contribution is -0.117. The third kappa shape index (κ3) is 3.93. The van der Waals surface area contributed by atoms with Crippen molar-refractivity contribution in [1.29, 1.82) is 0 Å². The number of aromatic nitrogens is 2. The molecule has 0 spiro atoms. The van der Waals surface area contributed by atoms with E-state index in [2.05, 4.69) is 9.97 Å². The smallest absolute Gasteiger partial charge is 0.241 e. The summed E-state index contributed by atoms with van der Waals surface area (Å²) in [5.41, 5.74) is 7.12. The highest BCUT2D eigenvalue weighted by molar-refractivity contribution is 6.35. The van der Waals surface area contributed by atoms with Crippen molar-refractivity contribution in [2.24, 2.45) is 5.73 Å². The maximum atomic E-state index is 14.2. The number of pyridine rings is 2. The van der Waals surface area contributed by atoms with E-state index < -0.39 is 17.8 Å². The first kappa shape index (κ1) is 20.7. The molecule has 2 aromatic carbocycles. The summed E-state index contributed by atoms with van der Waals surface area (Å²) in [5.74, 6) is -1.09. The van der Waals surface area contributed by atoms with Crippen LogP contribution in [0, 0.1) is 5.82 Å². The van der Waals surface area contributed by atoms with Crippen molar-refractivity contribution >= 4 is 34.1 Å². The molecule has 0 fully saturated rings. The van der Waals surface area contributed by atoms with Crippen LogP contribution in [0.3, 0.4) is 0 Å². The van der Waals surface area contributed by atoms with Crippen molar-refractivity contribution in [3.8, 4) is 5.75 Å². The third-order valence-electron chi connectivity index (χ3n) is 4.93. The van der Waals surface area contributed by atoms with Gasteiger partial charge in [-0.2, -0.15) is 0 Å². The van der Waals surface area contributed by atoms with E-state index in [1.165, 1.54) is 35.5 Å². The number of phenols is 1. The number of anilines is 1. The summed E-state index contributed by atoms with van der Waals surface area (Å²) in [5, 5.41) is 12.0. The molecule has 8 heteroatoms. The Hall–Kier alpha value is -3.55. The summed E-state index contributed by atoms with van der Waals surface area (Å²) in [6, 6.07) is 13.2. The number of aromatic hydroxyl groups is 1. The zero-order chi connectivity index (χ0) is 22.0. The van der Waals surface area contributed by atoms with Crippen LogP contribution < -0.4 is 10.6 Å². The topological polar surface area (TPSA) is 92.3 Å². The van der Waals surface area contributed by atoms with Crippen molar-refractivity contribution in [3.63, 3.8) is 0 Å². The van der Waals surface area contributed by atoms with Crippen LogP contribution in [0.4, 0.5) is 10.1 Å². The Morgan fingerprint density at radius 1 is 1.16 bits per heavy atom. The predicted octanol–water partition coefficient (Wildman–Crippen LogP) is 4.21. The Balaban J connectivity index is 2.03. The number of phenolic OH excluding ortho intramolecular Hbond substituents is 1. The van der Waals surface area contributed by atoms with Crippen molar-refractivity contribution in [3.05, 3.63) is 95.2 Å². The monoisotopic (exact) mass is 436 g/mol. The van der Waals surface area contributed by atoms with Crippen LogP contribution in [-0.4, -0.2) is 27.5 Å². The van der Waals surface area contributed by atoms with Crippen LogP contribution in [0.15, 0.2) is 73.2 Å². The summed E-state index contributed by atoms with van der Waals surface area (Å²) in [6.07, 6.45) is 4.60. The normalized spacial score (nSPS) is 12.0. The van der Waals surface area contributed by atoms with E-state index in [1.807, 2.05) is 0 Å². The molecule has 4 aromatic rings. The minimum Gasteiger partial charge on any atom is -0.505 e. The second-order valence-corrected chi connectivity index (χ2v) is 7.24. The van der Waals surface area contributed by atoms with Gasteiger partial charge in [0.25, 0.3) is 0 Å². The summed E-state index contributed by atoms with van der Waals surface area (Å²) >= 11 is 6.50. The second kappa shape index (κ2) is 8.67. The molecular formula is C23H18ClFN4O2. The summed E-state index contributed by atoms with van der Waals surface area (Å²) in [4.78, 5) is 22.7. The molecule has 156 valence electrons. The summed E-state index contributed by atoms with van der Waals surface area (Å²) in [7, 11) is 0. The number of hydrogen-bond acceptors (Lipinski definition) is 5. The van der Waals surface area contributed by atoms with Crippen LogP contribution in [0.1, 0.15) is 17.2 Å². The number of fused-ring (bicyclic) bond motifs is 1. The van der Waals surface area contributed by atoms with E-state index in [0.717, 1.165) is 0 Å². The Kier molecular flexibility index (Phi) is 5.79. The molecule has 6 nitrogen and oxygen atoms in total. The van der Waals surface area contributed by atoms with Crippen molar-refractivity contribution in [2.45, 2.75) is 6.04 Å². The minimum absolute atomic E-state index is 0.159. The summed E-state index contributed by atoms with van der Waals surface area (Å²) < 4.78 is 14.2. The number of carbonyl (C=O) groups is 1. The van der Waals surface area contributed by atoms with E-state index in [-0.39, 0.29) is 23.4 Å². The quantitative estimate of drug-likeness (QED) is 0.489. The van der Waals surface area contributed by atoms with Gasteiger partial charge in [-0.15, -0.1) is 0 Å².